The third-order valence-corrected chi connectivity index (χ3v) is 4.90. The van der Waals surface area contributed by atoms with E-state index in [9.17, 15) is 4.79 Å². The second-order valence-electron chi connectivity index (χ2n) is 6.25. The van der Waals surface area contributed by atoms with E-state index >= 15 is 0 Å². The van der Waals surface area contributed by atoms with Crippen LogP contribution in [0.25, 0.3) is 0 Å². The zero-order valence-corrected chi connectivity index (χ0v) is 16.6. The predicted molar refractivity (Wildman–Crippen MR) is 108 cm³/mol. The van der Waals surface area contributed by atoms with E-state index in [1.54, 1.807) is 17.0 Å². The van der Waals surface area contributed by atoms with Crippen LogP contribution in [0, 0.1) is 6.92 Å². The molecule has 0 atom stereocenters. The lowest BCUT2D eigenvalue weighted by Crippen LogP contribution is -2.30. The maximum atomic E-state index is 12.5. The minimum Gasteiger partial charge on any atom is -0.430 e. The molecule has 0 fully saturated rings. The number of amides is 1. The van der Waals surface area contributed by atoms with E-state index in [-0.39, 0.29) is 5.91 Å². The highest BCUT2D eigenvalue weighted by Crippen LogP contribution is 2.25. The molecular weight excluding hydrogens is 358 g/mol. The van der Waals surface area contributed by atoms with Crippen molar-refractivity contribution in [1.82, 2.24) is 14.3 Å². The SMILES string of the molecule is CCN(CC)C(=O)c1cccc(Oc2nc(Cc3ccc(C)cc3)ns2)c1. The summed E-state index contributed by atoms with van der Waals surface area (Å²) in [6.45, 7) is 7.37. The number of hydrogen-bond donors (Lipinski definition) is 0. The van der Waals surface area contributed by atoms with Crippen molar-refractivity contribution in [1.29, 1.82) is 0 Å². The quantitative estimate of drug-likeness (QED) is 0.595. The minimum absolute atomic E-state index is 0.00257. The van der Waals surface area contributed by atoms with Gasteiger partial charge in [-0.1, -0.05) is 35.9 Å². The number of hydrogen-bond acceptors (Lipinski definition) is 5. The van der Waals surface area contributed by atoms with Gasteiger partial charge in [0, 0.05) is 36.6 Å². The summed E-state index contributed by atoms with van der Waals surface area (Å²) in [6, 6.07) is 15.5. The van der Waals surface area contributed by atoms with E-state index in [0.29, 0.717) is 36.0 Å². The van der Waals surface area contributed by atoms with Crippen molar-refractivity contribution in [2.75, 3.05) is 13.1 Å². The fraction of sp³-hybridized carbons (Fsp3) is 0.286. The van der Waals surface area contributed by atoms with Gasteiger partial charge in [0.25, 0.3) is 11.1 Å². The predicted octanol–water partition coefficient (Wildman–Crippen LogP) is 4.71. The highest BCUT2D eigenvalue weighted by molar-refractivity contribution is 7.07. The van der Waals surface area contributed by atoms with Crippen LogP contribution in [0.15, 0.2) is 48.5 Å². The van der Waals surface area contributed by atoms with Crippen molar-refractivity contribution < 1.29 is 9.53 Å². The molecule has 0 radical (unpaired) electrons. The van der Waals surface area contributed by atoms with E-state index in [1.807, 2.05) is 26.0 Å². The van der Waals surface area contributed by atoms with Crippen LogP contribution in [-0.4, -0.2) is 33.3 Å². The van der Waals surface area contributed by atoms with E-state index < -0.39 is 0 Å². The van der Waals surface area contributed by atoms with Gasteiger partial charge < -0.3 is 9.64 Å². The van der Waals surface area contributed by atoms with Crippen molar-refractivity contribution in [2.24, 2.45) is 0 Å². The molecular formula is C21H23N3O2S. The number of carbonyl (C=O) groups is 1. The molecule has 6 heteroatoms. The summed E-state index contributed by atoms with van der Waals surface area (Å²) < 4.78 is 10.2. The molecule has 0 aliphatic carbocycles. The third-order valence-electron chi connectivity index (χ3n) is 4.27. The Morgan fingerprint density at radius 1 is 1.11 bits per heavy atom. The Labute approximate surface area is 163 Å². The number of carbonyl (C=O) groups excluding carboxylic acids is 1. The van der Waals surface area contributed by atoms with Gasteiger partial charge in [0.2, 0.25) is 0 Å². The first-order valence-electron chi connectivity index (χ1n) is 9.04. The summed E-state index contributed by atoms with van der Waals surface area (Å²) in [5.41, 5.74) is 3.01. The van der Waals surface area contributed by atoms with Gasteiger partial charge in [0.1, 0.15) is 5.75 Å². The molecule has 1 amide bonds. The Hall–Kier alpha value is -2.73. The van der Waals surface area contributed by atoms with Gasteiger partial charge in [0.15, 0.2) is 5.82 Å². The maximum absolute atomic E-state index is 12.5. The molecule has 0 bridgehead atoms. The maximum Gasteiger partial charge on any atom is 0.298 e. The molecule has 2 aromatic carbocycles. The smallest absolute Gasteiger partial charge is 0.298 e. The van der Waals surface area contributed by atoms with Crippen molar-refractivity contribution >= 4 is 17.4 Å². The van der Waals surface area contributed by atoms with E-state index in [1.165, 1.54) is 17.1 Å². The Bertz CT molecular complexity index is 902. The molecule has 0 aliphatic rings. The van der Waals surface area contributed by atoms with Gasteiger partial charge in [-0.25, -0.2) is 0 Å². The first kappa shape index (κ1) is 19.0. The second kappa shape index (κ2) is 8.77. The van der Waals surface area contributed by atoms with Crippen LogP contribution < -0.4 is 4.74 Å². The lowest BCUT2D eigenvalue weighted by atomic mass is 10.1. The van der Waals surface area contributed by atoms with Crippen molar-refractivity contribution in [3.63, 3.8) is 0 Å². The fourth-order valence-electron chi connectivity index (χ4n) is 2.73. The lowest BCUT2D eigenvalue weighted by Gasteiger charge is -2.18. The monoisotopic (exact) mass is 381 g/mol. The molecule has 0 N–H and O–H groups in total. The highest BCUT2D eigenvalue weighted by Gasteiger charge is 2.14. The average molecular weight is 382 g/mol. The molecule has 1 heterocycles. The molecule has 0 saturated carbocycles. The van der Waals surface area contributed by atoms with Crippen LogP contribution in [0.4, 0.5) is 0 Å². The minimum atomic E-state index is 0.00257. The standard InChI is InChI=1S/C21H23N3O2S/c1-4-24(5-2)20(25)17-7-6-8-18(14-17)26-21-22-19(23-27-21)13-16-11-9-15(3)10-12-16/h6-12,14H,4-5,13H2,1-3H3. The van der Waals surface area contributed by atoms with Crippen LogP contribution in [0.1, 0.15) is 41.2 Å². The van der Waals surface area contributed by atoms with E-state index in [2.05, 4.69) is 40.5 Å². The van der Waals surface area contributed by atoms with Gasteiger partial charge in [-0.05, 0) is 44.5 Å². The summed E-state index contributed by atoms with van der Waals surface area (Å²) >= 11 is 1.22. The summed E-state index contributed by atoms with van der Waals surface area (Å²) in [6.07, 6.45) is 0.667. The first-order chi connectivity index (χ1) is 13.1. The van der Waals surface area contributed by atoms with Gasteiger partial charge >= 0.3 is 0 Å². The zero-order valence-electron chi connectivity index (χ0n) is 15.8. The summed E-state index contributed by atoms with van der Waals surface area (Å²) in [4.78, 5) is 18.7. The molecule has 0 unspecified atom stereocenters. The normalized spacial score (nSPS) is 10.6. The molecule has 0 saturated heterocycles. The number of benzene rings is 2. The van der Waals surface area contributed by atoms with Crippen LogP contribution >= 0.6 is 11.5 Å². The molecule has 27 heavy (non-hydrogen) atoms. The van der Waals surface area contributed by atoms with E-state index in [4.69, 9.17) is 4.74 Å². The largest absolute Gasteiger partial charge is 0.430 e. The van der Waals surface area contributed by atoms with Gasteiger partial charge in [0.05, 0.1) is 0 Å². The molecule has 3 rings (SSSR count). The lowest BCUT2D eigenvalue weighted by molar-refractivity contribution is 0.0772. The van der Waals surface area contributed by atoms with E-state index in [0.717, 1.165) is 11.4 Å². The zero-order chi connectivity index (χ0) is 19.2. The van der Waals surface area contributed by atoms with Crippen molar-refractivity contribution in [3.05, 3.63) is 71.0 Å². The molecule has 3 aromatic rings. The van der Waals surface area contributed by atoms with Crippen molar-refractivity contribution in [3.8, 4) is 10.9 Å². The Balaban J connectivity index is 1.69. The summed E-state index contributed by atoms with van der Waals surface area (Å²) in [7, 11) is 0. The summed E-state index contributed by atoms with van der Waals surface area (Å²) in [5, 5.41) is 0.476. The third kappa shape index (κ3) is 4.92. The number of aryl methyl sites for hydroxylation is 1. The number of nitrogens with zero attached hydrogens (tertiary/aromatic N) is 3. The van der Waals surface area contributed by atoms with Crippen LogP contribution in [0.2, 0.25) is 0 Å². The van der Waals surface area contributed by atoms with Gasteiger partial charge in [-0.3, -0.25) is 4.79 Å². The topological polar surface area (TPSA) is 55.3 Å². The Morgan fingerprint density at radius 3 is 2.56 bits per heavy atom. The molecule has 0 aliphatic heterocycles. The summed E-state index contributed by atoms with van der Waals surface area (Å²) in [5.74, 6) is 1.32. The molecule has 5 nitrogen and oxygen atoms in total. The van der Waals surface area contributed by atoms with Crippen LogP contribution in [0.5, 0.6) is 10.9 Å². The number of ether oxygens (including phenoxy) is 1. The first-order valence-corrected chi connectivity index (χ1v) is 9.81. The molecule has 1 aromatic heterocycles. The van der Waals surface area contributed by atoms with Gasteiger partial charge in [-0.15, -0.1) is 0 Å². The highest BCUT2D eigenvalue weighted by atomic mass is 32.1. The Kier molecular flexibility index (Phi) is 6.19. The van der Waals surface area contributed by atoms with Crippen LogP contribution in [-0.2, 0) is 6.42 Å². The van der Waals surface area contributed by atoms with Gasteiger partial charge in [-0.2, -0.15) is 9.36 Å². The van der Waals surface area contributed by atoms with Crippen molar-refractivity contribution in [2.45, 2.75) is 27.2 Å². The second-order valence-corrected chi connectivity index (χ2v) is 6.96. The van der Waals surface area contributed by atoms with Crippen LogP contribution in [0.3, 0.4) is 0 Å². The number of aromatic nitrogens is 2. The molecule has 140 valence electrons. The average Bonchev–Trinajstić information content (AvgIpc) is 3.11. The molecule has 0 spiro atoms. The Morgan fingerprint density at radius 2 is 1.85 bits per heavy atom. The fourth-order valence-corrected chi connectivity index (χ4v) is 3.30. The number of rotatable bonds is 7.